The monoisotopic (exact) mass is 586 g/mol. The van der Waals surface area contributed by atoms with Crippen molar-refractivity contribution in [3.05, 3.63) is 118 Å². The molecule has 6 rings (SSSR count). The zero-order chi connectivity index (χ0) is 25.0. The Bertz CT molecular complexity index is 1320. The van der Waals surface area contributed by atoms with E-state index in [4.69, 9.17) is 0 Å². The second-order valence-electron chi connectivity index (χ2n) is 12.5. The molecule has 0 N–H and O–H groups in total. The average Bonchev–Trinajstić information content (AvgIpc) is 3.24. The molecule has 0 fully saturated rings. The molecule has 2 aromatic carbocycles. The van der Waals surface area contributed by atoms with Gasteiger partial charge in [0.1, 0.15) is 0 Å². The van der Waals surface area contributed by atoms with Crippen LogP contribution in [0.5, 0.6) is 0 Å². The van der Waals surface area contributed by atoms with Crippen molar-refractivity contribution in [1.82, 2.24) is 0 Å². The second-order valence-corrected chi connectivity index (χ2v) is 15.1. The summed E-state index contributed by atoms with van der Waals surface area (Å²) in [4.78, 5) is 0. The lowest BCUT2D eigenvalue weighted by molar-refractivity contribution is 0.376. The van der Waals surface area contributed by atoms with Gasteiger partial charge in [-0.25, -0.2) is 0 Å². The van der Waals surface area contributed by atoms with Crippen LogP contribution in [0.25, 0.3) is 11.1 Å². The van der Waals surface area contributed by atoms with Crippen molar-refractivity contribution >= 4 is 31.9 Å². The fourth-order valence-electron chi connectivity index (χ4n) is 6.24. The van der Waals surface area contributed by atoms with Crippen molar-refractivity contribution in [1.29, 1.82) is 0 Å². The molecule has 0 amide bonds. The zero-order valence-corrected chi connectivity index (χ0v) is 24.5. The fourth-order valence-corrected chi connectivity index (χ4v) is 6.97. The third kappa shape index (κ3) is 2.90. The molecular formula is C33H32Br2. The molecule has 1 spiro atoms. The van der Waals surface area contributed by atoms with E-state index in [1.54, 1.807) is 0 Å². The minimum atomic E-state index is -0.331. The van der Waals surface area contributed by atoms with E-state index in [-0.39, 0.29) is 24.9 Å². The lowest BCUT2D eigenvalue weighted by atomic mass is 9.64. The molecule has 2 unspecified atom stereocenters. The summed E-state index contributed by atoms with van der Waals surface area (Å²) in [5, 5.41) is 0. The van der Waals surface area contributed by atoms with Gasteiger partial charge in [0.15, 0.2) is 0 Å². The molecule has 0 nitrogen and oxygen atoms in total. The van der Waals surface area contributed by atoms with Crippen LogP contribution >= 0.6 is 31.9 Å². The van der Waals surface area contributed by atoms with Crippen molar-refractivity contribution in [2.24, 2.45) is 10.8 Å². The Labute approximate surface area is 226 Å². The molecular weight excluding hydrogens is 556 g/mol. The van der Waals surface area contributed by atoms with Gasteiger partial charge < -0.3 is 0 Å². The highest BCUT2D eigenvalue weighted by molar-refractivity contribution is 9.10. The van der Waals surface area contributed by atoms with Gasteiger partial charge in [-0.1, -0.05) is 158 Å². The molecule has 0 saturated heterocycles. The lowest BCUT2D eigenvalue weighted by Gasteiger charge is -2.43. The second kappa shape index (κ2) is 7.11. The summed E-state index contributed by atoms with van der Waals surface area (Å²) in [6, 6.07) is 18.1. The highest BCUT2D eigenvalue weighted by Crippen LogP contribution is 2.67. The Kier molecular flexibility index (Phi) is 4.77. The molecule has 2 heteroatoms. The Morgan fingerprint density at radius 2 is 0.943 bits per heavy atom. The van der Waals surface area contributed by atoms with Crippen LogP contribution < -0.4 is 0 Å². The molecule has 4 aliphatic carbocycles. The molecule has 4 aliphatic rings. The smallest absolute Gasteiger partial charge is 0.0720 e. The largest absolute Gasteiger partial charge is 0.0756 e. The molecule has 0 aromatic heterocycles. The van der Waals surface area contributed by atoms with Crippen molar-refractivity contribution in [2.45, 2.75) is 55.6 Å². The predicted octanol–water partition coefficient (Wildman–Crippen LogP) is 9.62. The molecule has 2 atom stereocenters. The molecule has 0 bridgehead atoms. The van der Waals surface area contributed by atoms with Gasteiger partial charge in [-0.3, -0.25) is 0 Å². The van der Waals surface area contributed by atoms with E-state index in [0.29, 0.717) is 0 Å². The molecule has 0 saturated carbocycles. The number of rotatable bonds is 0. The summed E-state index contributed by atoms with van der Waals surface area (Å²) in [7, 11) is 0. The number of alkyl halides is 2. The number of halogens is 2. The van der Waals surface area contributed by atoms with Gasteiger partial charge in [-0.2, -0.15) is 0 Å². The van der Waals surface area contributed by atoms with Crippen LogP contribution in [0.4, 0.5) is 0 Å². The maximum atomic E-state index is 4.18. The Hall–Kier alpha value is -1.90. The minimum Gasteiger partial charge on any atom is -0.0756 e. The molecule has 178 valence electrons. The number of hydrogen-bond donors (Lipinski definition) is 0. The highest BCUT2D eigenvalue weighted by atomic mass is 79.9. The van der Waals surface area contributed by atoms with Gasteiger partial charge in [-0.05, 0) is 55.4 Å². The fraction of sp³-hybridized carbons (Fsp3) is 0.333. The molecule has 0 heterocycles. The summed E-state index contributed by atoms with van der Waals surface area (Å²) in [6.45, 7) is 13.9. The van der Waals surface area contributed by atoms with Crippen molar-refractivity contribution in [3.63, 3.8) is 0 Å². The van der Waals surface area contributed by atoms with Gasteiger partial charge in [0.05, 0.1) is 14.1 Å². The third-order valence-corrected chi connectivity index (χ3v) is 12.0. The van der Waals surface area contributed by atoms with Gasteiger partial charge >= 0.3 is 0 Å². The van der Waals surface area contributed by atoms with Crippen LogP contribution in [-0.2, 0) is 5.41 Å². The van der Waals surface area contributed by atoms with Gasteiger partial charge in [-0.15, -0.1) is 0 Å². The predicted molar refractivity (Wildman–Crippen MR) is 156 cm³/mol. The number of fused-ring (bicyclic) bond motifs is 9. The number of hydrogen-bond acceptors (Lipinski definition) is 0. The van der Waals surface area contributed by atoms with Crippen molar-refractivity contribution < 1.29 is 0 Å². The van der Waals surface area contributed by atoms with Crippen LogP contribution in [0, 0.1) is 10.8 Å². The van der Waals surface area contributed by atoms with Gasteiger partial charge in [0.2, 0.25) is 0 Å². The van der Waals surface area contributed by atoms with Crippen molar-refractivity contribution in [3.8, 4) is 11.1 Å². The van der Waals surface area contributed by atoms with Gasteiger partial charge in [0.25, 0.3) is 0 Å². The van der Waals surface area contributed by atoms with E-state index >= 15 is 0 Å². The number of benzene rings is 2. The van der Waals surface area contributed by atoms with Crippen molar-refractivity contribution in [2.75, 3.05) is 0 Å². The Morgan fingerprint density at radius 1 is 0.571 bits per heavy atom. The highest BCUT2D eigenvalue weighted by Gasteiger charge is 2.57. The van der Waals surface area contributed by atoms with Gasteiger partial charge in [0, 0.05) is 0 Å². The SMILES string of the molecule is CC(C)(C)C1(Br)C=CC2=C3C=CC(Br)(C(C)(C)C)C=C3C3(C2=C1)c1ccccc1-c1ccccc13. The molecule has 0 aliphatic heterocycles. The summed E-state index contributed by atoms with van der Waals surface area (Å²) in [6.07, 6.45) is 14.5. The molecule has 2 aromatic rings. The Morgan fingerprint density at radius 3 is 1.31 bits per heavy atom. The summed E-state index contributed by atoms with van der Waals surface area (Å²) in [5.74, 6) is 0. The lowest BCUT2D eigenvalue weighted by Crippen LogP contribution is -2.39. The van der Waals surface area contributed by atoms with E-state index in [9.17, 15) is 0 Å². The van der Waals surface area contributed by atoms with E-state index in [0.717, 1.165) is 0 Å². The number of allylic oxidation sites excluding steroid dienone is 10. The summed E-state index contributed by atoms with van der Waals surface area (Å²) in [5.41, 5.74) is 10.7. The minimum absolute atomic E-state index is 0.0219. The first kappa shape index (κ1) is 23.5. The van der Waals surface area contributed by atoms with Crippen LogP contribution in [0.2, 0.25) is 0 Å². The molecule has 0 radical (unpaired) electrons. The van der Waals surface area contributed by atoms with Crippen LogP contribution in [0.15, 0.2) is 107 Å². The first-order chi connectivity index (χ1) is 16.3. The van der Waals surface area contributed by atoms with E-state index in [2.05, 4.69) is 158 Å². The third-order valence-electron chi connectivity index (χ3n) is 8.62. The first-order valence-electron chi connectivity index (χ1n) is 12.5. The Balaban J connectivity index is 1.77. The maximum Gasteiger partial charge on any atom is 0.0720 e. The summed E-state index contributed by atoms with van der Waals surface area (Å²) < 4.78 is -0.460. The standard InChI is InChI=1S/C33H32Br2/c1-29(2,3)31(34)17-15-23-24-16-18-32(35,30(4,5)6)20-28(24)33(27(23)19-31)25-13-9-7-11-21(25)22-12-8-10-14-26(22)33/h7-20H,1-6H3. The first-order valence-corrected chi connectivity index (χ1v) is 14.1. The zero-order valence-electron chi connectivity index (χ0n) is 21.3. The van der Waals surface area contributed by atoms with Crippen LogP contribution in [-0.4, -0.2) is 8.65 Å². The van der Waals surface area contributed by atoms with E-state index in [1.807, 2.05) is 0 Å². The topological polar surface area (TPSA) is 0 Å². The average molecular weight is 588 g/mol. The normalized spacial score (nSPS) is 27.9. The maximum absolute atomic E-state index is 4.18. The van der Waals surface area contributed by atoms with Crippen LogP contribution in [0.3, 0.4) is 0 Å². The quantitative estimate of drug-likeness (QED) is 0.269. The van der Waals surface area contributed by atoms with Crippen LogP contribution in [0.1, 0.15) is 52.7 Å². The summed E-state index contributed by atoms with van der Waals surface area (Å²) >= 11 is 8.37. The van der Waals surface area contributed by atoms with E-state index in [1.165, 1.54) is 44.5 Å². The van der Waals surface area contributed by atoms with E-state index < -0.39 is 0 Å². The molecule has 35 heavy (non-hydrogen) atoms.